The maximum Gasteiger partial charge on any atom is 0.335 e. The molecule has 110 valence electrons. The third-order valence-electron chi connectivity index (χ3n) is 3.74. The van der Waals surface area contributed by atoms with E-state index in [2.05, 4.69) is 5.32 Å². The second-order valence-electron chi connectivity index (χ2n) is 5.25. The van der Waals surface area contributed by atoms with Crippen molar-refractivity contribution >= 4 is 33.4 Å². The van der Waals surface area contributed by atoms with Crippen LogP contribution in [0.25, 0.3) is 0 Å². The van der Waals surface area contributed by atoms with Crippen LogP contribution in [0.15, 0.2) is 29.2 Å². The number of sulfone groups is 1. The van der Waals surface area contributed by atoms with Gasteiger partial charge in [-0.25, -0.2) is 18.1 Å². The number of imide groups is 2. The minimum absolute atomic E-state index is 0.0910. The molecular weight excluding hydrogens is 296 g/mol. The van der Waals surface area contributed by atoms with Crippen molar-refractivity contribution in [1.29, 1.82) is 0 Å². The monoisotopic (exact) mass is 308 g/mol. The quantitative estimate of drug-likeness (QED) is 0.800. The molecule has 3 rings (SSSR count). The highest BCUT2D eigenvalue weighted by Crippen LogP contribution is 2.49. The molecule has 2 aliphatic rings. The fraction of sp³-hybridized carbons (Fsp3) is 0.308. The molecule has 21 heavy (non-hydrogen) atoms. The largest absolute Gasteiger partial charge is 0.335 e. The minimum atomic E-state index is -3.35. The van der Waals surface area contributed by atoms with Crippen molar-refractivity contribution in [2.75, 3.05) is 11.2 Å². The Bertz CT molecular complexity index is 762. The Morgan fingerprint density at radius 2 is 1.67 bits per heavy atom. The highest BCUT2D eigenvalue weighted by atomic mass is 32.2. The molecule has 1 heterocycles. The van der Waals surface area contributed by atoms with Crippen LogP contribution in [0.5, 0.6) is 0 Å². The lowest BCUT2D eigenvalue weighted by molar-refractivity contribution is -0.136. The number of amides is 4. The van der Waals surface area contributed by atoms with Gasteiger partial charge in [0.15, 0.2) is 9.84 Å². The maximum atomic E-state index is 12.3. The predicted molar refractivity (Wildman–Crippen MR) is 72.2 cm³/mol. The Kier molecular flexibility index (Phi) is 2.71. The number of rotatable bonds is 2. The molecular formula is C13H12N2O5S. The van der Waals surface area contributed by atoms with E-state index in [1.54, 1.807) is 0 Å². The summed E-state index contributed by atoms with van der Waals surface area (Å²) in [5.41, 5.74) is -0.882. The van der Waals surface area contributed by atoms with Crippen LogP contribution in [0.2, 0.25) is 0 Å². The average Bonchev–Trinajstić information content (AvgIpc) is 3.18. The van der Waals surface area contributed by atoms with Gasteiger partial charge in [0, 0.05) is 6.26 Å². The van der Waals surface area contributed by atoms with E-state index >= 15 is 0 Å². The first-order valence-corrected chi connectivity index (χ1v) is 8.15. The van der Waals surface area contributed by atoms with Gasteiger partial charge >= 0.3 is 6.03 Å². The first-order valence-electron chi connectivity index (χ1n) is 6.26. The number of hydrogen-bond acceptors (Lipinski definition) is 5. The summed E-state index contributed by atoms with van der Waals surface area (Å²) >= 11 is 0. The Morgan fingerprint density at radius 3 is 2.14 bits per heavy atom. The maximum absolute atomic E-state index is 12.3. The number of nitrogens with one attached hydrogen (secondary N) is 1. The molecule has 1 saturated carbocycles. The van der Waals surface area contributed by atoms with Crippen molar-refractivity contribution in [3.63, 3.8) is 0 Å². The third kappa shape index (κ3) is 2.02. The van der Waals surface area contributed by atoms with Crippen LogP contribution in [-0.2, 0) is 19.4 Å². The lowest BCUT2D eigenvalue weighted by Gasteiger charge is -2.30. The Morgan fingerprint density at radius 1 is 1.10 bits per heavy atom. The molecule has 4 amide bonds. The van der Waals surface area contributed by atoms with Crippen molar-refractivity contribution < 1.29 is 22.8 Å². The fourth-order valence-corrected chi connectivity index (χ4v) is 2.95. The molecule has 1 N–H and O–H groups in total. The van der Waals surface area contributed by atoms with Crippen LogP contribution in [0.3, 0.4) is 0 Å². The van der Waals surface area contributed by atoms with Crippen molar-refractivity contribution in [2.24, 2.45) is 5.41 Å². The summed E-state index contributed by atoms with van der Waals surface area (Å²) < 4.78 is 22.8. The molecule has 2 fully saturated rings. The van der Waals surface area contributed by atoms with Crippen LogP contribution in [-0.4, -0.2) is 32.5 Å². The number of nitrogens with zero attached hydrogens (tertiary/aromatic N) is 1. The van der Waals surface area contributed by atoms with Gasteiger partial charge in [-0.1, -0.05) is 0 Å². The van der Waals surface area contributed by atoms with Crippen LogP contribution < -0.4 is 10.2 Å². The van der Waals surface area contributed by atoms with Gasteiger partial charge in [0.25, 0.3) is 5.91 Å². The first kappa shape index (κ1) is 13.7. The Labute approximate surface area is 120 Å². The second kappa shape index (κ2) is 4.14. The zero-order valence-corrected chi connectivity index (χ0v) is 11.9. The smallest absolute Gasteiger partial charge is 0.276 e. The van der Waals surface area contributed by atoms with Gasteiger partial charge < -0.3 is 0 Å². The molecule has 0 aromatic heterocycles. The van der Waals surface area contributed by atoms with E-state index in [-0.39, 0.29) is 10.6 Å². The molecule has 7 nitrogen and oxygen atoms in total. The molecule has 0 radical (unpaired) electrons. The molecule has 0 bridgehead atoms. The highest BCUT2D eigenvalue weighted by Gasteiger charge is 2.62. The zero-order chi connectivity index (χ0) is 15.4. The number of carbonyl (C=O) groups is 3. The fourth-order valence-electron chi connectivity index (χ4n) is 2.32. The molecule has 0 atom stereocenters. The summed E-state index contributed by atoms with van der Waals surface area (Å²) in [5.74, 6) is -1.11. The summed E-state index contributed by atoms with van der Waals surface area (Å²) in [4.78, 5) is 36.9. The third-order valence-corrected chi connectivity index (χ3v) is 4.87. The van der Waals surface area contributed by atoms with Crippen LogP contribution in [0.4, 0.5) is 10.5 Å². The van der Waals surface area contributed by atoms with Gasteiger partial charge in [-0.2, -0.15) is 0 Å². The Hall–Kier alpha value is -2.22. The molecule has 1 spiro atoms. The van der Waals surface area contributed by atoms with Crippen molar-refractivity contribution in [3.05, 3.63) is 24.3 Å². The lowest BCUT2D eigenvalue weighted by atomic mass is 10.0. The summed E-state index contributed by atoms with van der Waals surface area (Å²) in [6.07, 6.45) is 1.91. The summed E-state index contributed by atoms with van der Waals surface area (Å²) in [7, 11) is -3.35. The molecule has 0 unspecified atom stereocenters. The second-order valence-corrected chi connectivity index (χ2v) is 7.26. The molecule has 1 saturated heterocycles. The van der Waals surface area contributed by atoms with Gasteiger partial charge in [0.1, 0.15) is 5.41 Å². The van der Waals surface area contributed by atoms with Gasteiger partial charge in [-0.3, -0.25) is 14.9 Å². The van der Waals surface area contributed by atoms with E-state index < -0.39 is 33.1 Å². The van der Waals surface area contributed by atoms with Gasteiger partial charge in [0.2, 0.25) is 5.91 Å². The van der Waals surface area contributed by atoms with Crippen LogP contribution in [0.1, 0.15) is 12.8 Å². The van der Waals surface area contributed by atoms with E-state index in [9.17, 15) is 22.8 Å². The van der Waals surface area contributed by atoms with Crippen LogP contribution >= 0.6 is 0 Å². The number of hydrogen-bond donors (Lipinski definition) is 1. The van der Waals surface area contributed by atoms with E-state index in [4.69, 9.17) is 0 Å². The number of benzene rings is 1. The lowest BCUT2D eigenvalue weighted by Crippen LogP contribution is -2.59. The standard InChI is InChI=1S/C13H12N2O5S/c1-21(19,20)9-4-2-8(3-5-9)15-11(17)13(6-7-13)10(16)14-12(15)18/h2-5H,6-7H2,1H3,(H,14,16,18). The van der Waals surface area contributed by atoms with E-state index in [0.717, 1.165) is 11.2 Å². The normalized spacial score (nSPS) is 20.6. The van der Waals surface area contributed by atoms with E-state index in [1.807, 2.05) is 0 Å². The summed E-state index contributed by atoms with van der Waals surface area (Å²) in [6.45, 7) is 0. The summed E-state index contributed by atoms with van der Waals surface area (Å²) in [6, 6.07) is 4.58. The predicted octanol–water partition coefficient (Wildman–Crippen LogP) is 0.453. The van der Waals surface area contributed by atoms with Crippen molar-refractivity contribution in [1.82, 2.24) is 5.32 Å². The SMILES string of the molecule is CS(=O)(=O)c1ccc(N2C(=O)NC(=O)C3(CC3)C2=O)cc1. The van der Waals surface area contributed by atoms with E-state index in [1.165, 1.54) is 24.3 Å². The van der Waals surface area contributed by atoms with Gasteiger partial charge in [-0.15, -0.1) is 0 Å². The Balaban J connectivity index is 1.98. The molecule has 1 aromatic carbocycles. The number of barbiturate groups is 1. The van der Waals surface area contributed by atoms with Gasteiger partial charge in [-0.05, 0) is 37.1 Å². The number of urea groups is 1. The van der Waals surface area contributed by atoms with E-state index in [0.29, 0.717) is 12.8 Å². The van der Waals surface area contributed by atoms with Crippen molar-refractivity contribution in [2.45, 2.75) is 17.7 Å². The number of carbonyl (C=O) groups excluding carboxylic acids is 3. The molecule has 1 aromatic rings. The van der Waals surface area contributed by atoms with Crippen molar-refractivity contribution in [3.8, 4) is 0 Å². The minimum Gasteiger partial charge on any atom is -0.276 e. The molecule has 1 aliphatic heterocycles. The topological polar surface area (TPSA) is 101 Å². The average molecular weight is 308 g/mol. The van der Waals surface area contributed by atoms with Gasteiger partial charge in [0.05, 0.1) is 10.6 Å². The molecule has 1 aliphatic carbocycles. The summed E-state index contributed by atoms with van der Waals surface area (Å²) in [5, 5.41) is 2.16. The molecule has 8 heteroatoms. The zero-order valence-electron chi connectivity index (χ0n) is 11.1. The highest BCUT2D eigenvalue weighted by molar-refractivity contribution is 7.90. The number of anilines is 1. The first-order chi connectivity index (χ1) is 9.75. The van der Waals surface area contributed by atoms with Crippen LogP contribution in [0, 0.1) is 5.41 Å².